The van der Waals surface area contributed by atoms with Gasteiger partial charge < -0.3 is 10.8 Å². The van der Waals surface area contributed by atoms with Crippen molar-refractivity contribution in [3.63, 3.8) is 0 Å². The van der Waals surface area contributed by atoms with E-state index in [1.165, 1.54) is 11.8 Å². The lowest BCUT2D eigenvalue weighted by Gasteiger charge is -2.04. The molecule has 2 rings (SSSR count). The highest BCUT2D eigenvalue weighted by atomic mass is 32.2. The summed E-state index contributed by atoms with van der Waals surface area (Å²) in [6.45, 7) is 0. The van der Waals surface area contributed by atoms with E-state index in [0.29, 0.717) is 11.3 Å². The summed E-state index contributed by atoms with van der Waals surface area (Å²) in [5.41, 5.74) is 6.88. The lowest BCUT2D eigenvalue weighted by molar-refractivity contribution is 0.0697. The van der Waals surface area contributed by atoms with Crippen LogP contribution in [0.3, 0.4) is 0 Å². The number of anilines is 1. The number of nitrogens with zero attached hydrogens (tertiary/aromatic N) is 1. The topological polar surface area (TPSA) is 87.1 Å². The Kier molecular flexibility index (Phi) is 3.74. The summed E-state index contributed by atoms with van der Waals surface area (Å²) >= 11 is 1.46. The van der Waals surface area contributed by atoms with Gasteiger partial charge in [-0.2, -0.15) is 5.26 Å². The Morgan fingerprint density at radius 2 is 1.79 bits per heavy atom. The standard InChI is InChI=1S/C14H10N2O2S/c15-8-10-3-6-12(7-13(10)16)19-11-4-1-9(2-5-11)14(17)18/h1-7H,16H2,(H,17,18). The molecule has 0 radical (unpaired) electrons. The molecule has 0 amide bonds. The smallest absolute Gasteiger partial charge is 0.335 e. The van der Waals surface area contributed by atoms with E-state index in [0.717, 1.165) is 9.79 Å². The first-order chi connectivity index (χ1) is 9.10. The van der Waals surface area contributed by atoms with Gasteiger partial charge in [-0.25, -0.2) is 4.79 Å². The summed E-state index contributed by atoms with van der Waals surface area (Å²) in [7, 11) is 0. The quantitative estimate of drug-likeness (QED) is 0.837. The third-order valence-electron chi connectivity index (χ3n) is 2.48. The summed E-state index contributed by atoms with van der Waals surface area (Å²) in [4.78, 5) is 12.5. The van der Waals surface area contributed by atoms with Gasteiger partial charge in [0.05, 0.1) is 16.8 Å². The normalized spacial score (nSPS) is 9.84. The number of carbonyl (C=O) groups is 1. The number of nitrogens with two attached hydrogens (primary N) is 1. The Balaban J connectivity index is 2.19. The fourth-order valence-corrected chi connectivity index (χ4v) is 2.37. The van der Waals surface area contributed by atoms with Crippen LogP contribution in [0.4, 0.5) is 5.69 Å². The second-order valence-corrected chi connectivity index (χ2v) is 4.94. The van der Waals surface area contributed by atoms with Gasteiger partial charge in [0.2, 0.25) is 0 Å². The van der Waals surface area contributed by atoms with Gasteiger partial charge in [0.25, 0.3) is 0 Å². The van der Waals surface area contributed by atoms with Crippen molar-refractivity contribution in [1.82, 2.24) is 0 Å². The van der Waals surface area contributed by atoms with Gasteiger partial charge in [0.15, 0.2) is 0 Å². The van der Waals surface area contributed by atoms with E-state index in [9.17, 15) is 4.79 Å². The van der Waals surface area contributed by atoms with Crippen molar-refractivity contribution in [2.45, 2.75) is 9.79 Å². The Bertz CT molecular complexity index is 660. The molecular formula is C14H10N2O2S. The van der Waals surface area contributed by atoms with Crippen molar-refractivity contribution in [3.05, 3.63) is 53.6 Å². The molecule has 0 aliphatic carbocycles. The molecule has 0 unspecified atom stereocenters. The summed E-state index contributed by atoms with van der Waals surface area (Å²) in [6.07, 6.45) is 0. The molecule has 5 heteroatoms. The van der Waals surface area contributed by atoms with Gasteiger partial charge in [-0.15, -0.1) is 0 Å². The summed E-state index contributed by atoms with van der Waals surface area (Å²) in [5.74, 6) is -0.945. The first-order valence-electron chi connectivity index (χ1n) is 5.41. The molecule has 0 spiro atoms. The van der Waals surface area contributed by atoms with Crippen LogP contribution in [0.25, 0.3) is 0 Å². The van der Waals surface area contributed by atoms with Crippen LogP contribution in [-0.4, -0.2) is 11.1 Å². The third kappa shape index (κ3) is 3.06. The van der Waals surface area contributed by atoms with Crippen molar-refractivity contribution >= 4 is 23.4 Å². The van der Waals surface area contributed by atoms with Crippen LogP contribution < -0.4 is 5.73 Å². The molecule has 19 heavy (non-hydrogen) atoms. The maximum atomic E-state index is 10.7. The Morgan fingerprint density at radius 3 is 2.32 bits per heavy atom. The van der Waals surface area contributed by atoms with Crippen molar-refractivity contribution in [2.24, 2.45) is 0 Å². The van der Waals surface area contributed by atoms with Gasteiger partial charge >= 0.3 is 5.97 Å². The molecule has 0 aliphatic rings. The van der Waals surface area contributed by atoms with Crippen LogP contribution in [0.2, 0.25) is 0 Å². The van der Waals surface area contributed by atoms with Crippen molar-refractivity contribution in [2.75, 3.05) is 5.73 Å². The number of carboxylic acid groups (broad SMARTS) is 1. The number of rotatable bonds is 3. The lowest BCUT2D eigenvalue weighted by Crippen LogP contribution is -1.94. The van der Waals surface area contributed by atoms with E-state index in [4.69, 9.17) is 16.1 Å². The van der Waals surface area contributed by atoms with Gasteiger partial charge in [0.1, 0.15) is 6.07 Å². The van der Waals surface area contributed by atoms with E-state index >= 15 is 0 Å². The third-order valence-corrected chi connectivity index (χ3v) is 3.48. The van der Waals surface area contributed by atoms with E-state index in [2.05, 4.69) is 0 Å². The minimum atomic E-state index is -0.945. The largest absolute Gasteiger partial charge is 0.478 e. The zero-order chi connectivity index (χ0) is 13.8. The number of carboxylic acids is 1. The lowest BCUT2D eigenvalue weighted by atomic mass is 10.2. The Morgan fingerprint density at radius 1 is 1.16 bits per heavy atom. The number of hydrogen-bond donors (Lipinski definition) is 2. The predicted molar refractivity (Wildman–Crippen MR) is 73.1 cm³/mol. The highest BCUT2D eigenvalue weighted by molar-refractivity contribution is 7.99. The molecule has 3 N–H and O–H groups in total. The molecule has 0 aromatic heterocycles. The zero-order valence-electron chi connectivity index (χ0n) is 9.83. The van der Waals surface area contributed by atoms with Crippen molar-refractivity contribution < 1.29 is 9.90 Å². The highest BCUT2D eigenvalue weighted by Crippen LogP contribution is 2.30. The second-order valence-electron chi connectivity index (χ2n) is 3.79. The van der Waals surface area contributed by atoms with Gasteiger partial charge in [-0.3, -0.25) is 0 Å². The molecule has 2 aromatic carbocycles. The maximum absolute atomic E-state index is 10.7. The summed E-state index contributed by atoms with van der Waals surface area (Å²) < 4.78 is 0. The van der Waals surface area contributed by atoms with Crippen molar-refractivity contribution in [1.29, 1.82) is 5.26 Å². The van der Waals surface area contributed by atoms with Crippen LogP contribution in [0.15, 0.2) is 52.3 Å². The molecule has 0 saturated carbocycles. The van der Waals surface area contributed by atoms with Crippen LogP contribution in [0.5, 0.6) is 0 Å². The average Bonchev–Trinajstić information content (AvgIpc) is 2.39. The molecule has 0 bridgehead atoms. The molecular weight excluding hydrogens is 260 g/mol. The SMILES string of the molecule is N#Cc1ccc(Sc2ccc(C(=O)O)cc2)cc1N. The number of aromatic carboxylic acids is 1. The van der Waals surface area contributed by atoms with Gasteiger partial charge in [-0.1, -0.05) is 11.8 Å². The highest BCUT2D eigenvalue weighted by Gasteiger charge is 2.04. The van der Waals surface area contributed by atoms with Gasteiger partial charge in [-0.05, 0) is 42.5 Å². The molecule has 0 aliphatic heterocycles. The molecule has 94 valence electrons. The molecule has 0 atom stereocenters. The fraction of sp³-hybridized carbons (Fsp3) is 0. The Labute approximate surface area is 114 Å². The molecule has 2 aromatic rings. The summed E-state index contributed by atoms with van der Waals surface area (Å²) in [6, 6.07) is 13.8. The second kappa shape index (κ2) is 5.46. The molecule has 0 saturated heterocycles. The van der Waals surface area contributed by atoms with E-state index in [1.807, 2.05) is 12.1 Å². The Hall–Kier alpha value is -2.45. The molecule has 0 fully saturated rings. The zero-order valence-corrected chi connectivity index (χ0v) is 10.6. The predicted octanol–water partition coefficient (Wildman–Crippen LogP) is 2.99. The minimum absolute atomic E-state index is 0.253. The fourth-order valence-electron chi connectivity index (χ4n) is 1.51. The van der Waals surface area contributed by atoms with E-state index in [1.54, 1.807) is 36.4 Å². The first-order valence-corrected chi connectivity index (χ1v) is 6.22. The number of nitriles is 1. The maximum Gasteiger partial charge on any atom is 0.335 e. The number of nitrogen functional groups attached to an aromatic ring is 1. The molecule has 0 heterocycles. The van der Waals surface area contributed by atoms with Crippen molar-refractivity contribution in [3.8, 4) is 6.07 Å². The summed E-state index contributed by atoms with van der Waals surface area (Å²) in [5, 5.41) is 17.6. The van der Waals surface area contributed by atoms with Crippen LogP contribution in [0, 0.1) is 11.3 Å². The monoisotopic (exact) mass is 270 g/mol. The van der Waals surface area contributed by atoms with Crippen LogP contribution >= 0.6 is 11.8 Å². The van der Waals surface area contributed by atoms with Crippen LogP contribution in [-0.2, 0) is 0 Å². The number of hydrogen-bond acceptors (Lipinski definition) is 4. The van der Waals surface area contributed by atoms with Gasteiger partial charge in [0, 0.05) is 9.79 Å². The molecule has 4 nitrogen and oxygen atoms in total. The number of benzene rings is 2. The first kappa shape index (κ1) is 13.0. The van der Waals surface area contributed by atoms with Crippen LogP contribution in [0.1, 0.15) is 15.9 Å². The average molecular weight is 270 g/mol. The minimum Gasteiger partial charge on any atom is -0.478 e. The van der Waals surface area contributed by atoms with E-state index in [-0.39, 0.29) is 5.56 Å². The van der Waals surface area contributed by atoms with E-state index < -0.39 is 5.97 Å².